The molecule has 1 heterocycles. The molecule has 0 aliphatic heterocycles. The fourth-order valence-corrected chi connectivity index (χ4v) is 1.78. The van der Waals surface area contributed by atoms with E-state index in [4.69, 9.17) is 10.9 Å². The predicted octanol–water partition coefficient (Wildman–Crippen LogP) is -0.829. The molecular weight excluding hydrogens is 216 g/mol. The highest BCUT2D eigenvalue weighted by molar-refractivity contribution is 7.11. The lowest BCUT2D eigenvalue weighted by Gasteiger charge is -2.12. The van der Waals surface area contributed by atoms with E-state index < -0.39 is 0 Å². The Kier molecular flexibility index (Phi) is 4.63. The molecule has 15 heavy (non-hydrogen) atoms. The Morgan fingerprint density at radius 1 is 1.80 bits per heavy atom. The molecule has 7 heteroatoms. The molecule has 1 aromatic heterocycles. The van der Waals surface area contributed by atoms with Gasteiger partial charge in [-0.3, -0.25) is 15.1 Å². The third kappa shape index (κ3) is 3.56. The monoisotopic (exact) mass is 230 g/mol. The van der Waals surface area contributed by atoms with Gasteiger partial charge in [-0.15, -0.1) is 11.3 Å². The van der Waals surface area contributed by atoms with Gasteiger partial charge in [0.15, 0.2) is 5.01 Å². The zero-order valence-electron chi connectivity index (χ0n) is 8.43. The van der Waals surface area contributed by atoms with E-state index in [1.165, 1.54) is 11.3 Å². The molecule has 0 unspecified atom stereocenters. The molecule has 84 valence electrons. The van der Waals surface area contributed by atoms with Crippen molar-refractivity contribution in [2.75, 3.05) is 20.2 Å². The molecule has 0 aliphatic carbocycles. The van der Waals surface area contributed by atoms with Gasteiger partial charge in [-0.05, 0) is 7.05 Å². The summed E-state index contributed by atoms with van der Waals surface area (Å²) in [6, 6.07) is 0. The largest absolute Gasteiger partial charge is 0.395 e. The molecule has 0 radical (unpaired) electrons. The highest BCUT2D eigenvalue weighted by atomic mass is 32.1. The number of hydrogen-bond acceptors (Lipinski definition) is 6. The molecule has 0 saturated heterocycles. The van der Waals surface area contributed by atoms with Gasteiger partial charge in [0.05, 0.1) is 12.3 Å². The number of likely N-dealkylation sites (N-methyl/N-ethyl adjacent to an activating group) is 1. The lowest BCUT2D eigenvalue weighted by Crippen LogP contribution is -2.30. The van der Waals surface area contributed by atoms with E-state index in [9.17, 15) is 4.79 Å². The van der Waals surface area contributed by atoms with Crippen LogP contribution in [0.4, 0.5) is 0 Å². The summed E-state index contributed by atoms with van der Waals surface area (Å²) in [4.78, 5) is 17.1. The maximum atomic E-state index is 11.1. The molecule has 0 atom stereocenters. The zero-order chi connectivity index (χ0) is 11.3. The van der Waals surface area contributed by atoms with E-state index in [0.29, 0.717) is 18.1 Å². The van der Waals surface area contributed by atoms with Crippen molar-refractivity contribution < 1.29 is 9.90 Å². The van der Waals surface area contributed by atoms with Gasteiger partial charge in [-0.25, -0.2) is 10.8 Å². The minimum absolute atomic E-state index is 0.108. The molecule has 0 spiro atoms. The molecule has 0 aromatic carbocycles. The summed E-state index contributed by atoms with van der Waals surface area (Å²) in [6.07, 6.45) is 0. The minimum atomic E-state index is -0.379. The SMILES string of the molecule is CN(CCO)Cc1csc(C(=O)NN)n1. The normalized spacial score (nSPS) is 10.7. The van der Waals surface area contributed by atoms with Crippen LogP contribution in [0.25, 0.3) is 0 Å². The second kappa shape index (κ2) is 5.76. The Morgan fingerprint density at radius 3 is 3.13 bits per heavy atom. The van der Waals surface area contributed by atoms with Gasteiger partial charge in [-0.2, -0.15) is 0 Å². The lowest BCUT2D eigenvalue weighted by molar-refractivity contribution is 0.0953. The maximum absolute atomic E-state index is 11.1. The van der Waals surface area contributed by atoms with Crippen molar-refractivity contribution in [3.8, 4) is 0 Å². The van der Waals surface area contributed by atoms with Crippen molar-refractivity contribution in [2.45, 2.75) is 6.54 Å². The van der Waals surface area contributed by atoms with Crippen molar-refractivity contribution in [3.63, 3.8) is 0 Å². The molecule has 1 aromatic rings. The number of amides is 1. The van der Waals surface area contributed by atoms with Crippen LogP contribution in [-0.4, -0.2) is 41.1 Å². The fraction of sp³-hybridized carbons (Fsp3) is 0.500. The van der Waals surface area contributed by atoms with Gasteiger partial charge in [0.25, 0.3) is 5.91 Å². The Bertz CT molecular complexity index is 328. The quantitative estimate of drug-likeness (QED) is 0.349. The average Bonchev–Trinajstić information content (AvgIpc) is 2.65. The predicted molar refractivity (Wildman–Crippen MR) is 57.2 cm³/mol. The number of aliphatic hydroxyl groups is 1. The molecule has 1 amide bonds. The summed E-state index contributed by atoms with van der Waals surface area (Å²) >= 11 is 1.25. The number of nitrogens with one attached hydrogen (secondary N) is 1. The standard InChI is InChI=1S/C8H14N4O2S/c1-12(2-3-13)4-6-5-15-8(10-6)7(14)11-9/h5,13H,2-4,9H2,1H3,(H,11,14). The number of thiazole rings is 1. The van der Waals surface area contributed by atoms with Crippen LogP contribution in [0.2, 0.25) is 0 Å². The van der Waals surface area contributed by atoms with Crippen molar-refractivity contribution in [2.24, 2.45) is 5.84 Å². The summed E-state index contributed by atoms with van der Waals surface area (Å²) in [5.74, 6) is 4.61. The summed E-state index contributed by atoms with van der Waals surface area (Å²) in [5.41, 5.74) is 2.83. The number of hydrogen-bond donors (Lipinski definition) is 3. The van der Waals surface area contributed by atoms with Gasteiger partial charge >= 0.3 is 0 Å². The van der Waals surface area contributed by atoms with E-state index >= 15 is 0 Å². The number of nitrogens with zero attached hydrogens (tertiary/aromatic N) is 2. The first-order valence-corrected chi connectivity index (χ1v) is 5.30. The van der Waals surface area contributed by atoms with E-state index in [1.54, 1.807) is 5.38 Å². The third-order valence-corrected chi connectivity index (χ3v) is 2.68. The zero-order valence-corrected chi connectivity index (χ0v) is 9.25. The van der Waals surface area contributed by atoms with Crippen LogP contribution in [0.5, 0.6) is 0 Å². The Morgan fingerprint density at radius 2 is 2.53 bits per heavy atom. The second-order valence-electron chi connectivity index (χ2n) is 3.08. The average molecular weight is 230 g/mol. The van der Waals surface area contributed by atoms with Crippen LogP contribution in [0.15, 0.2) is 5.38 Å². The highest BCUT2D eigenvalue weighted by Crippen LogP contribution is 2.10. The maximum Gasteiger partial charge on any atom is 0.294 e. The summed E-state index contributed by atoms with van der Waals surface area (Å²) in [5, 5.41) is 10.9. The number of hydrazine groups is 1. The van der Waals surface area contributed by atoms with Gasteiger partial charge in [0, 0.05) is 18.5 Å². The summed E-state index contributed by atoms with van der Waals surface area (Å²) < 4.78 is 0. The molecule has 1 rings (SSSR count). The van der Waals surface area contributed by atoms with Crippen LogP contribution in [0.1, 0.15) is 15.5 Å². The highest BCUT2D eigenvalue weighted by Gasteiger charge is 2.10. The molecular formula is C8H14N4O2S. The first-order valence-electron chi connectivity index (χ1n) is 4.42. The van der Waals surface area contributed by atoms with E-state index in [2.05, 4.69) is 4.98 Å². The lowest BCUT2D eigenvalue weighted by atomic mass is 10.4. The molecule has 4 N–H and O–H groups in total. The summed E-state index contributed by atoms with van der Waals surface area (Å²) in [7, 11) is 1.87. The van der Waals surface area contributed by atoms with Gasteiger partial charge in [-0.1, -0.05) is 0 Å². The fourth-order valence-electron chi connectivity index (χ4n) is 1.07. The molecule has 0 aliphatic rings. The Balaban J connectivity index is 2.56. The van der Waals surface area contributed by atoms with Gasteiger partial charge in [0.2, 0.25) is 0 Å². The molecule has 0 bridgehead atoms. The van der Waals surface area contributed by atoms with Crippen molar-refractivity contribution >= 4 is 17.2 Å². The van der Waals surface area contributed by atoms with Gasteiger partial charge < -0.3 is 5.11 Å². The number of nitrogen functional groups attached to an aromatic ring is 1. The van der Waals surface area contributed by atoms with Crippen LogP contribution < -0.4 is 11.3 Å². The number of carbonyl (C=O) groups is 1. The minimum Gasteiger partial charge on any atom is -0.395 e. The van der Waals surface area contributed by atoms with Crippen LogP contribution in [-0.2, 0) is 6.54 Å². The number of aromatic nitrogens is 1. The molecule has 0 saturated carbocycles. The van der Waals surface area contributed by atoms with Crippen molar-refractivity contribution in [1.29, 1.82) is 0 Å². The first-order chi connectivity index (χ1) is 7.17. The number of carbonyl (C=O) groups excluding carboxylic acids is 1. The van der Waals surface area contributed by atoms with E-state index in [-0.39, 0.29) is 12.5 Å². The van der Waals surface area contributed by atoms with Crippen LogP contribution in [0, 0.1) is 0 Å². The second-order valence-corrected chi connectivity index (χ2v) is 3.94. The Hall–Kier alpha value is -1.02. The molecule has 6 nitrogen and oxygen atoms in total. The smallest absolute Gasteiger partial charge is 0.294 e. The number of aliphatic hydroxyl groups excluding tert-OH is 1. The van der Waals surface area contributed by atoms with E-state index in [0.717, 1.165) is 5.69 Å². The van der Waals surface area contributed by atoms with Crippen molar-refractivity contribution in [1.82, 2.24) is 15.3 Å². The summed E-state index contributed by atoms with van der Waals surface area (Å²) in [6.45, 7) is 1.29. The van der Waals surface area contributed by atoms with Crippen molar-refractivity contribution in [3.05, 3.63) is 16.1 Å². The van der Waals surface area contributed by atoms with Crippen LogP contribution >= 0.6 is 11.3 Å². The van der Waals surface area contributed by atoms with Crippen LogP contribution in [0.3, 0.4) is 0 Å². The molecule has 0 fully saturated rings. The first kappa shape index (κ1) is 12.1. The van der Waals surface area contributed by atoms with Gasteiger partial charge in [0.1, 0.15) is 0 Å². The topological polar surface area (TPSA) is 91.5 Å². The number of rotatable bonds is 5. The van der Waals surface area contributed by atoms with E-state index in [1.807, 2.05) is 17.4 Å². The Labute approximate surface area is 91.7 Å². The third-order valence-electron chi connectivity index (χ3n) is 1.79. The number of nitrogens with two attached hydrogens (primary N) is 1.